The molecule has 0 fully saturated rings. The van der Waals surface area contributed by atoms with Crippen molar-refractivity contribution in [1.82, 2.24) is 0 Å². The summed E-state index contributed by atoms with van der Waals surface area (Å²) in [5, 5.41) is 33.6. The Morgan fingerprint density at radius 2 is 1.45 bits per heavy atom. The summed E-state index contributed by atoms with van der Waals surface area (Å²) in [5.41, 5.74) is 3.71. The number of carbonyl (C=O) groups is 2. The first-order chi connectivity index (χ1) is 14.9. The highest BCUT2D eigenvalue weighted by atomic mass is 16.5. The fourth-order valence-electron chi connectivity index (χ4n) is 2.85. The SMILES string of the molecule is COc1cc(/C=C/C(=O)O)ccc1NCCCNc1ccc(/C=C/C(=O)O)cc1CO. The lowest BCUT2D eigenvalue weighted by atomic mass is 10.1. The van der Waals surface area contributed by atoms with Crippen molar-refractivity contribution in [3.05, 3.63) is 65.2 Å². The van der Waals surface area contributed by atoms with Crippen LogP contribution >= 0.6 is 0 Å². The van der Waals surface area contributed by atoms with Gasteiger partial charge in [0.15, 0.2) is 0 Å². The lowest BCUT2D eigenvalue weighted by molar-refractivity contribution is -0.132. The summed E-state index contributed by atoms with van der Waals surface area (Å²) in [5.74, 6) is -1.42. The number of rotatable bonds is 12. The van der Waals surface area contributed by atoms with Gasteiger partial charge >= 0.3 is 11.9 Å². The fraction of sp³-hybridized carbons (Fsp3) is 0.217. The van der Waals surface area contributed by atoms with E-state index in [9.17, 15) is 14.7 Å². The summed E-state index contributed by atoms with van der Waals surface area (Å²) >= 11 is 0. The highest BCUT2D eigenvalue weighted by Gasteiger charge is 2.05. The number of methoxy groups -OCH3 is 1. The number of aliphatic hydroxyl groups excluding tert-OH is 1. The van der Waals surface area contributed by atoms with Crippen molar-refractivity contribution in [1.29, 1.82) is 0 Å². The number of aliphatic carboxylic acids is 2. The molecule has 0 heterocycles. The molecule has 0 bridgehead atoms. The van der Waals surface area contributed by atoms with E-state index in [4.69, 9.17) is 14.9 Å². The maximum Gasteiger partial charge on any atom is 0.328 e. The van der Waals surface area contributed by atoms with Gasteiger partial charge < -0.3 is 30.7 Å². The van der Waals surface area contributed by atoms with Gasteiger partial charge in [0.2, 0.25) is 0 Å². The molecule has 5 N–H and O–H groups in total. The van der Waals surface area contributed by atoms with E-state index in [1.54, 1.807) is 31.4 Å². The zero-order valence-electron chi connectivity index (χ0n) is 17.2. The van der Waals surface area contributed by atoms with E-state index in [1.165, 1.54) is 12.2 Å². The molecule has 8 heteroatoms. The number of aliphatic hydroxyl groups is 1. The minimum atomic E-state index is -1.02. The molecule has 0 aliphatic carbocycles. The first kappa shape index (κ1) is 23.5. The molecule has 0 aliphatic heterocycles. The molecule has 0 radical (unpaired) electrons. The summed E-state index contributed by atoms with van der Waals surface area (Å²) in [6, 6.07) is 10.7. The first-order valence-electron chi connectivity index (χ1n) is 9.64. The van der Waals surface area contributed by atoms with Gasteiger partial charge in [-0.1, -0.05) is 12.1 Å². The number of hydrogen-bond donors (Lipinski definition) is 5. The normalized spacial score (nSPS) is 11.0. The number of carboxylic acids is 2. The maximum atomic E-state index is 10.6. The van der Waals surface area contributed by atoms with Crippen molar-refractivity contribution in [3.63, 3.8) is 0 Å². The van der Waals surface area contributed by atoms with E-state index < -0.39 is 11.9 Å². The van der Waals surface area contributed by atoms with Crippen LogP contribution in [-0.2, 0) is 16.2 Å². The van der Waals surface area contributed by atoms with Gasteiger partial charge in [0, 0.05) is 36.5 Å². The number of anilines is 2. The number of ether oxygens (including phenoxy) is 1. The minimum Gasteiger partial charge on any atom is -0.495 e. The lowest BCUT2D eigenvalue weighted by Crippen LogP contribution is -2.11. The Bertz CT molecular complexity index is 891. The van der Waals surface area contributed by atoms with Gasteiger partial charge in [-0.05, 0) is 54.0 Å². The Kier molecular flexibility index (Phi) is 9.13. The molecule has 0 amide bonds. The van der Waals surface area contributed by atoms with Crippen molar-refractivity contribution < 1.29 is 29.6 Å². The summed E-state index contributed by atoms with van der Waals surface area (Å²) in [4.78, 5) is 21.3. The fourth-order valence-corrected chi connectivity index (χ4v) is 2.85. The van der Waals surface area contributed by atoms with Gasteiger partial charge in [-0.15, -0.1) is 0 Å². The maximum absolute atomic E-state index is 10.6. The standard InChI is InChI=1S/C23H26N2O6/c1-31-21-14-17(6-10-23(29)30)4-8-20(21)25-12-2-11-24-19-7-3-16(5-9-22(27)28)13-18(19)15-26/h3-10,13-14,24-26H,2,11-12,15H2,1H3,(H,27,28)(H,29,30)/b9-5+,10-6+. The molecule has 0 saturated heterocycles. The monoisotopic (exact) mass is 426 g/mol. The molecule has 2 aromatic rings. The van der Waals surface area contributed by atoms with Crippen LogP contribution in [0.1, 0.15) is 23.1 Å². The van der Waals surface area contributed by atoms with Crippen LogP contribution in [0.3, 0.4) is 0 Å². The third kappa shape index (κ3) is 7.87. The Labute approximate surface area is 180 Å². The minimum absolute atomic E-state index is 0.158. The van der Waals surface area contributed by atoms with Crippen molar-refractivity contribution in [2.45, 2.75) is 13.0 Å². The molecular weight excluding hydrogens is 400 g/mol. The van der Waals surface area contributed by atoms with Crippen molar-refractivity contribution in [2.24, 2.45) is 0 Å². The highest BCUT2D eigenvalue weighted by Crippen LogP contribution is 2.26. The first-order valence-corrected chi connectivity index (χ1v) is 9.64. The molecular formula is C23H26N2O6. The molecule has 8 nitrogen and oxygen atoms in total. The van der Waals surface area contributed by atoms with Gasteiger partial charge in [-0.2, -0.15) is 0 Å². The third-order valence-electron chi connectivity index (χ3n) is 4.35. The van der Waals surface area contributed by atoms with Crippen LogP contribution < -0.4 is 15.4 Å². The largest absolute Gasteiger partial charge is 0.495 e. The van der Waals surface area contributed by atoms with E-state index >= 15 is 0 Å². The van der Waals surface area contributed by atoms with Gasteiger partial charge in [-0.3, -0.25) is 0 Å². The predicted octanol–water partition coefficient (Wildman–Crippen LogP) is 3.30. The Balaban J connectivity index is 1.88. The summed E-state index contributed by atoms with van der Waals surface area (Å²) in [7, 11) is 1.55. The average molecular weight is 426 g/mol. The van der Waals surface area contributed by atoms with Crippen LogP contribution in [-0.4, -0.2) is 47.5 Å². The molecule has 0 saturated carbocycles. The van der Waals surface area contributed by atoms with Crippen LogP contribution in [0.2, 0.25) is 0 Å². The third-order valence-corrected chi connectivity index (χ3v) is 4.35. The summed E-state index contributed by atoms with van der Waals surface area (Å²) in [6.07, 6.45) is 5.89. The quantitative estimate of drug-likeness (QED) is 0.258. The van der Waals surface area contributed by atoms with Gasteiger partial charge in [0.25, 0.3) is 0 Å². The molecule has 2 rings (SSSR count). The molecule has 0 spiro atoms. The van der Waals surface area contributed by atoms with Gasteiger partial charge in [-0.25, -0.2) is 9.59 Å². The molecule has 31 heavy (non-hydrogen) atoms. The van der Waals surface area contributed by atoms with Crippen molar-refractivity contribution in [2.75, 3.05) is 30.8 Å². The second-order valence-corrected chi connectivity index (χ2v) is 6.58. The van der Waals surface area contributed by atoms with E-state index in [0.717, 1.165) is 35.5 Å². The highest BCUT2D eigenvalue weighted by molar-refractivity contribution is 5.86. The van der Waals surface area contributed by atoms with E-state index in [1.807, 2.05) is 12.1 Å². The van der Waals surface area contributed by atoms with Crippen molar-refractivity contribution >= 4 is 35.5 Å². The zero-order chi connectivity index (χ0) is 22.6. The van der Waals surface area contributed by atoms with Crippen LogP contribution in [0.15, 0.2) is 48.6 Å². The number of benzene rings is 2. The predicted molar refractivity (Wildman–Crippen MR) is 120 cm³/mol. The second kappa shape index (κ2) is 12.0. The molecule has 2 aromatic carbocycles. The number of hydrogen-bond acceptors (Lipinski definition) is 6. The molecule has 0 atom stereocenters. The smallest absolute Gasteiger partial charge is 0.328 e. The van der Waals surface area contributed by atoms with E-state index in [0.29, 0.717) is 30.0 Å². The molecule has 0 unspecified atom stereocenters. The van der Waals surface area contributed by atoms with Crippen LogP contribution in [0.5, 0.6) is 5.75 Å². The van der Waals surface area contributed by atoms with E-state index in [-0.39, 0.29) is 6.61 Å². The summed E-state index contributed by atoms with van der Waals surface area (Å²) in [6.45, 7) is 1.17. The van der Waals surface area contributed by atoms with Gasteiger partial charge in [0.1, 0.15) is 5.75 Å². The molecule has 0 aromatic heterocycles. The second-order valence-electron chi connectivity index (χ2n) is 6.58. The average Bonchev–Trinajstić information content (AvgIpc) is 2.76. The van der Waals surface area contributed by atoms with Crippen LogP contribution in [0.4, 0.5) is 11.4 Å². The van der Waals surface area contributed by atoms with E-state index in [2.05, 4.69) is 10.6 Å². The van der Waals surface area contributed by atoms with Crippen LogP contribution in [0, 0.1) is 0 Å². The molecule has 0 aliphatic rings. The Morgan fingerprint density at radius 3 is 2.00 bits per heavy atom. The number of carboxylic acid groups (broad SMARTS) is 2. The molecule has 164 valence electrons. The Morgan fingerprint density at radius 1 is 0.903 bits per heavy atom. The van der Waals surface area contributed by atoms with Gasteiger partial charge in [0.05, 0.1) is 19.4 Å². The Hall–Kier alpha value is -3.78. The topological polar surface area (TPSA) is 128 Å². The van der Waals surface area contributed by atoms with Crippen LogP contribution in [0.25, 0.3) is 12.2 Å². The summed E-state index contributed by atoms with van der Waals surface area (Å²) < 4.78 is 5.37. The van der Waals surface area contributed by atoms with Crippen molar-refractivity contribution in [3.8, 4) is 5.75 Å². The zero-order valence-corrected chi connectivity index (χ0v) is 17.2. The lowest BCUT2D eigenvalue weighted by Gasteiger charge is -2.14. The number of nitrogens with one attached hydrogen (secondary N) is 2.